The summed E-state index contributed by atoms with van der Waals surface area (Å²) in [5.74, 6) is 3.83. The highest BCUT2D eigenvalue weighted by Crippen LogP contribution is 2.37. The molecule has 1 aliphatic heterocycles. The molecule has 1 aliphatic rings. The number of rotatable bonds is 4. The number of hydrogen-bond acceptors (Lipinski definition) is 11. The average molecular weight is 978 g/mol. The van der Waals surface area contributed by atoms with Crippen molar-refractivity contribution < 1.29 is 14.4 Å². The molecule has 0 spiro atoms. The Labute approximate surface area is 428 Å². The van der Waals surface area contributed by atoms with Crippen LogP contribution in [0.25, 0.3) is 33.9 Å². The van der Waals surface area contributed by atoms with E-state index in [2.05, 4.69) is 160 Å². The summed E-state index contributed by atoms with van der Waals surface area (Å²) in [6.45, 7) is 45.4. The van der Waals surface area contributed by atoms with Gasteiger partial charge < -0.3 is 14.4 Å². The summed E-state index contributed by atoms with van der Waals surface area (Å²) in [4.78, 5) is 35.9. The first kappa shape index (κ1) is 63.0. The first-order chi connectivity index (χ1) is 32.6. The molecule has 11 nitrogen and oxygen atoms in total. The molecule has 6 aromatic rings. The summed E-state index contributed by atoms with van der Waals surface area (Å²) in [5.41, 5.74) is 4.89. The van der Waals surface area contributed by atoms with Gasteiger partial charge in [0.15, 0.2) is 5.82 Å². The van der Waals surface area contributed by atoms with Crippen molar-refractivity contribution in [2.75, 3.05) is 7.11 Å². The van der Waals surface area contributed by atoms with Crippen molar-refractivity contribution >= 4 is 24.2 Å². The Hall–Kier alpha value is -5.01. The van der Waals surface area contributed by atoms with Gasteiger partial charge in [0.1, 0.15) is 23.3 Å². The van der Waals surface area contributed by atoms with E-state index >= 15 is 0 Å². The van der Waals surface area contributed by atoms with Crippen molar-refractivity contribution in [1.29, 1.82) is 0 Å². The minimum Gasteiger partial charge on any atom is -0.400 e. The Morgan fingerprint density at radius 2 is 0.786 bits per heavy atom. The van der Waals surface area contributed by atoms with E-state index in [-0.39, 0.29) is 45.3 Å². The fourth-order valence-electron chi connectivity index (χ4n) is 5.91. The zero-order valence-electron chi connectivity index (χ0n) is 47.0. The molecule has 5 heterocycles. The highest BCUT2D eigenvalue weighted by atomic mass is 35.5. The third kappa shape index (κ3) is 18.6. The largest absolute Gasteiger partial charge is 0.494 e. The van der Waals surface area contributed by atoms with E-state index in [9.17, 15) is 0 Å². The van der Waals surface area contributed by atoms with Gasteiger partial charge in [0.25, 0.3) is 0 Å². The highest BCUT2D eigenvalue weighted by Gasteiger charge is 2.51. The van der Waals surface area contributed by atoms with Gasteiger partial charge in [-0.05, 0) is 80.7 Å². The molecule has 70 heavy (non-hydrogen) atoms. The van der Waals surface area contributed by atoms with E-state index < -0.39 is 0 Å². The molecule has 1 N–H and O–H groups in total. The SMILES string of the molecule is CC.CC.CC.CC(C)(C)c1nc(-c2cccc(-c3ccccn3)c2)nc(C(C)(C)C)n1.CC(C)(C)c1nc(Cl)nc(C(C)(C)C)n1.CC1(C)OB(c2cccc(-c3ccccn3)c2)OC1(C)C.CO. The second-order valence-corrected chi connectivity index (χ2v) is 21.1. The first-order valence-corrected chi connectivity index (χ1v) is 25.0. The summed E-state index contributed by atoms with van der Waals surface area (Å²) in [6.07, 6.45) is 3.61. The van der Waals surface area contributed by atoms with Gasteiger partial charge >= 0.3 is 7.12 Å². The molecule has 7 rings (SSSR count). The molecule has 1 fully saturated rings. The molecule has 13 heteroatoms. The summed E-state index contributed by atoms with van der Waals surface area (Å²) in [7, 11) is 0.665. The van der Waals surface area contributed by atoms with Gasteiger partial charge in [0.05, 0.1) is 22.6 Å². The van der Waals surface area contributed by atoms with Crippen LogP contribution in [0.4, 0.5) is 0 Å². The Morgan fingerprint density at radius 3 is 1.14 bits per heavy atom. The maximum Gasteiger partial charge on any atom is 0.494 e. The molecular weight excluding hydrogens is 891 g/mol. The smallest absolute Gasteiger partial charge is 0.400 e. The van der Waals surface area contributed by atoms with Crippen LogP contribution in [0.1, 0.15) is 176 Å². The molecule has 4 aromatic heterocycles. The van der Waals surface area contributed by atoms with E-state index in [1.165, 1.54) is 0 Å². The van der Waals surface area contributed by atoms with Crippen molar-refractivity contribution in [2.45, 2.75) is 185 Å². The summed E-state index contributed by atoms with van der Waals surface area (Å²) in [5, 5.41) is 7.28. The number of benzene rings is 2. The fraction of sp³-hybridized carbons (Fsp3) is 0.509. The summed E-state index contributed by atoms with van der Waals surface area (Å²) >= 11 is 5.90. The van der Waals surface area contributed by atoms with Crippen LogP contribution in [0.15, 0.2) is 97.3 Å². The normalized spacial score (nSPS) is 13.6. The third-order valence-electron chi connectivity index (χ3n) is 10.4. The Kier molecular flexibility index (Phi) is 24.8. The van der Waals surface area contributed by atoms with Gasteiger partial charge in [0, 0.05) is 52.3 Å². The van der Waals surface area contributed by atoms with Crippen molar-refractivity contribution in [1.82, 2.24) is 39.9 Å². The molecule has 0 radical (unpaired) electrons. The van der Waals surface area contributed by atoms with E-state index in [1.54, 1.807) is 12.4 Å². The van der Waals surface area contributed by atoms with Crippen LogP contribution >= 0.6 is 11.6 Å². The molecular formula is C57H86BClN8O3. The predicted octanol–water partition coefficient (Wildman–Crippen LogP) is 14.1. The van der Waals surface area contributed by atoms with Gasteiger partial charge in [0.2, 0.25) is 5.28 Å². The average Bonchev–Trinajstić information content (AvgIpc) is 3.56. The van der Waals surface area contributed by atoms with Crippen LogP contribution in [0.2, 0.25) is 5.28 Å². The maximum atomic E-state index is 7.00. The number of aliphatic hydroxyl groups excluding tert-OH is 1. The lowest BCUT2D eigenvalue weighted by Crippen LogP contribution is -2.41. The molecule has 0 bridgehead atoms. The van der Waals surface area contributed by atoms with E-state index in [4.69, 9.17) is 41.0 Å². The van der Waals surface area contributed by atoms with E-state index in [0.29, 0.717) is 5.82 Å². The lowest BCUT2D eigenvalue weighted by molar-refractivity contribution is 0.00578. The monoisotopic (exact) mass is 977 g/mol. The number of nitrogens with zero attached hydrogens (tertiary/aromatic N) is 8. The van der Waals surface area contributed by atoms with Gasteiger partial charge in [-0.2, -0.15) is 0 Å². The molecule has 0 unspecified atom stereocenters. The Balaban J connectivity index is 0.000000503. The zero-order chi connectivity index (χ0) is 53.9. The molecule has 0 amide bonds. The second-order valence-electron chi connectivity index (χ2n) is 20.8. The number of hydrogen-bond donors (Lipinski definition) is 1. The lowest BCUT2D eigenvalue weighted by atomic mass is 9.78. The van der Waals surface area contributed by atoms with Gasteiger partial charge in [-0.15, -0.1) is 0 Å². The van der Waals surface area contributed by atoms with Gasteiger partial charge in [-0.1, -0.05) is 179 Å². The predicted molar refractivity (Wildman–Crippen MR) is 296 cm³/mol. The maximum absolute atomic E-state index is 7.00. The Bertz CT molecular complexity index is 2360. The number of aliphatic hydroxyl groups is 1. The minimum absolute atomic E-state index is 0.105. The number of aromatic nitrogens is 8. The van der Waals surface area contributed by atoms with Crippen molar-refractivity contribution in [3.63, 3.8) is 0 Å². The van der Waals surface area contributed by atoms with Crippen LogP contribution in [0.5, 0.6) is 0 Å². The van der Waals surface area contributed by atoms with Crippen LogP contribution in [0.3, 0.4) is 0 Å². The number of pyridine rings is 2. The molecule has 0 atom stereocenters. The standard InChI is InChI=1S/C22H26N4.C17H20BNO2.C11H18ClN3.3C2H6.CH4O/c1-21(2,3)19-24-18(25-20(26-19)22(4,5)6)16-11-9-10-15(14-16)17-12-7-8-13-23-17;1-16(2)17(3,4)21-18(20-16)14-9-7-8-13(12-14)15-10-5-6-11-19-15;1-10(2,3)7-13-8(11(4,5)6)15-9(12)14-7;4*1-2/h7-14H,1-6H3;5-12H,1-4H3;1-6H3;3*1-2H3;2H,1H3. The molecule has 0 aliphatic carbocycles. The van der Waals surface area contributed by atoms with Gasteiger partial charge in [-0.25, -0.2) is 29.9 Å². The molecule has 2 aromatic carbocycles. The van der Waals surface area contributed by atoms with Crippen LogP contribution in [-0.4, -0.2) is 70.4 Å². The lowest BCUT2D eigenvalue weighted by Gasteiger charge is -2.32. The molecule has 1 saturated heterocycles. The van der Waals surface area contributed by atoms with Crippen LogP contribution in [0, 0.1) is 0 Å². The van der Waals surface area contributed by atoms with Crippen LogP contribution in [-0.2, 0) is 31.0 Å². The third-order valence-corrected chi connectivity index (χ3v) is 10.5. The Morgan fingerprint density at radius 1 is 0.443 bits per heavy atom. The summed E-state index contributed by atoms with van der Waals surface area (Å²) < 4.78 is 12.2. The second kappa shape index (κ2) is 27.6. The van der Waals surface area contributed by atoms with Crippen molar-refractivity contribution in [2.24, 2.45) is 0 Å². The number of halogens is 1. The molecule has 0 saturated carbocycles. The van der Waals surface area contributed by atoms with Gasteiger partial charge in [-0.3, -0.25) is 9.97 Å². The first-order valence-electron chi connectivity index (χ1n) is 24.7. The highest BCUT2D eigenvalue weighted by molar-refractivity contribution is 6.62. The fourth-order valence-corrected chi connectivity index (χ4v) is 6.07. The summed E-state index contributed by atoms with van der Waals surface area (Å²) in [6, 6.07) is 28.2. The quantitative estimate of drug-likeness (QED) is 0.169. The van der Waals surface area contributed by atoms with E-state index in [1.807, 2.05) is 102 Å². The topological polar surface area (TPSA) is 142 Å². The minimum atomic E-state index is -0.335. The zero-order valence-corrected chi connectivity index (χ0v) is 47.8. The van der Waals surface area contributed by atoms with Crippen molar-refractivity contribution in [3.8, 4) is 33.9 Å². The van der Waals surface area contributed by atoms with E-state index in [0.717, 1.165) is 63.9 Å². The van der Waals surface area contributed by atoms with Crippen molar-refractivity contribution in [3.05, 3.63) is 126 Å². The van der Waals surface area contributed by atoms with Crippen LogP contribution < -0.4 is 5.46 Å². The molecule has 382 valence electrons.